The van der Waals surface area contributed by atoms with Gasteiger partial charge in [0.15, 0.2) is 0 Å². The molecular weight excluding hydrogens is 276 g/mol. The fraction of sp³-hybridized carbons (Fsp3) is 0.176. The number of hydrogen-bond acceptors (Lipinski definition) is 4. The first kappa shape index (κ1) is 14.3. The molecule has 22 heavy (non-hydrogen) atoms. The van der Waals surface area contributed by atoms with E-state index in [1.807, 2.05) is 36.4 Å². The molecule has 2 aromatic carbocycles. The fourth-order valence-corrected chi connectivity index (χ4v) is 2.32. The molecule has 0 radical (unpaired) electrons. The molecule has 0 aliphatic heterocycles. The minimum Gasteiger partial charge on any atom is -0.372 e. The molecule has 1 heterocycles. The molecule has 0 saturated heterocycles. The SMILES string of the molecule is Cc1ccccc1NCNCn1cnc2ccccc2c1=O. The van der Waals surface area contributed by atoms with E-state index < -0.39 is 0 Å². The Hall–Kier alpha value is -2.66. The van der Waals surface area contributed by atoms with Crippen LogP contribution in [-0.2, 0) is 6.67 Å². The van der Waals surface area contributed by atoms with Gasteiger partial charge in [-0.15, -0.1) is 0 Å². The van der Waals surface area contributed by atoms with Crippen LogP contribution in [0.2, 0.25) is 0 Å². The summed E-state index contributed by atoms with van der Waals surface area (Å²) in [6, 6.07) is 15.5. The Morgan fingerprint density at radius 3 is 2.73 bits per heavy atom. The molecule has 0 aliphatic rings. The first-order valence-corrected chi connectivity index (χ1v) is 7.20. The molecule has 3 aromatic rings. The van der Waals surface area contributed by atoms with Crippen molar-refractivity contribution >= 4 is 16.6 Å². The minimum atomic E-state index is -0.0333. The highest BCUT2D eigenvalue weighted by Gasteiger charge is 2.02. The van der Waals surface area contributed by atoms with E-state index in [9.17, 15) is 4.79 Å². The molecule has 3 rings (SSSR count). The standard InChI is InChI=1S/C17H18N4O/c1-13-6-2-4-8-15(13)19-10-18-11-21-12-20-16-9-5-3-7-14(16)17(21)22/h2-9,12,18-19H,10-11H2,1H3. The van der Waals surface area contributed by atoms with E-state index >= 15 is 0 Å². The number of anilines is 1. The van der Waals surface area contributed by atoms with Gasteiger partial charge in [-0.2, -0.15) is 0 Å². The molecule has 0 aliphatic carbocycles. The number of benzene rings is 2. The van der Waals surface area contributed by atoms with Crippen molar-refractivity contribution < 1.29 is 0 Å². The maximum atomic E-state index is 12.3. The lowest BCUT2D eigenvalue weighted by Gasteiger charge is -2.11. The zero-order valence-corrected chi connectivity index (χ0v) is 12.4. The average molecular weight is 294 g/mol. The zero-order chi connectivity index (χ0) is 15.4. The van der Waals surface area contributed by atoms with Gasteiger partial charge in [0, 0.05) is 5.69 Å². The Morgan fingerprint density at radius 2 is 1.86 bits per heavy atom. The smallest absolute Gasteiger partial charge is 0.262 e. The molecular formula is C17H18N4O. The van der Waals surface area contributed by atoms with E-state index in [-0.39, 0.29) is 5.56 Å². The second-order valence-electron chi connectivity index (χ2n) is 5.11. The van der Waals surface area contributed by atoms with E-state index in [2.05, 4.69) is 28.6 Å². The van der Waals surface area contributed by atoms with Crippen LogP contribution in [0, 0.1) is 6.92 Å². The Labute approximate surface area is 128 Å². The Balaban J connectivity index is 1.64. The maximum Gasteiger partial charge on any atom is 0.262 e. The Kier molecular flexibility index (Phi) is 4.16. The molecule has 5 nitrogen and oxygen atoms in total. The molecule has 0 atom stereocenters. The summed E-state index contributed by atoms with van der Waals surface area (Å²) in [5, 5.41) is 7.13. The third-order valence-electron chi connectivity index (χ3n) is 3.56. The Bertz CT molecular complexity index is 841. The van der Waals surface area contributed by atoms with Crippen molar-refractivity contribution in [1.29, 1.82) is 0 Å². The third-order valence-corrected chi connectivity index (χ3v) is 3.56. The molecule has 1 aromatic heterocycles. The highest BCUT2D eigenvalue weighted by Crippen LogP contribution is 2.11. The lowest BCUT2D eigenvalue weighted by atomic mass is 10.2. The van der Waals surface area contributed by atoms with Crippen molar-refractivity contribution in [3.8, 4) is 0 Å². The summed E-state index contributed by atoms with van der Waals surface area (Å²) in [5.74, 6) is 0. The second-order valence-corrected chi connectivity index (χ2v) is 5.11. The first-order chi connectivity index (χ1) is 10.8. The first-order valence-electron chi connectivity index (χ1n) is 7.20. The predicted molar refractivity (Wildman–Crippen MR) is 88.8 cm³/mol. The highest BCUT2D eigenvalue weighted by molar-refractivity contribution is 5.76. The van der Waals surface area contributed by atoms with Crippen LogP contribution in [0.1, 0.15) is 5.56 Å². The van der Waals surface area contributed by atoms with E-state index in [0.717, 1.165) is 11.2 Å². The van der Waals surface area contributed by atoms with Crippen LogP contribution in [0.25, 0.3) is 10.9 Å². The van der Waals surface area contributed by atoms with Crippen LogP contribution in [0.3, 0.4) is 0 Å². The summed E-state index contributed by atoms with van der Waals surface area (Å²) in [6.07, 6.45) is 1.57. The van der Waals surface area contributed by atoms with Gasteiger partial charge in [0.05, 0.1) is 30.6 Å². The second kappa shape index (κ2) is 6.41. The summed E-state index contributed by atoms with van der Waals surface area (Å²) in [7, 11) is 0. The largest absolute Gasteiger partial charge is 0.372 e. The van der Waals surface area contributed by atoms with Crippen molar-refractivity contribution in [3.05, 3.63) is 70.8 Å². The number of para-hydroxylation sites is 2. The van der Waals surface area contributed by atoms with Gasteiger partial charge in [0.1, 0.15) is 0 Å². The van der Waals surface area contributed by atoms with Crippen LogP contribution >= 0.6 is 0 Å². The van der Waals surface area contributed by atoms with Crippen molar-refractivity contribution in [2.75, 3.05) is 12.0 Å². The lowest BCUT2D eigenvalue weighted by molar-refractivity contribution is 0.561. The van der Waals surface area contributed by atoms with Crippen molar-refractivity contribution in [3.63, 3.8) is 0 Å². The van der Waals surface area contributed by atoms with Gasteiger partial charge in [-0.25, -0.2) is 4.98 Å². The van der Waals surface area contributed by atoms with E-state index in [0.29, 0.717) is 18.7 Å². The van der Waals surface area contributed by atoms with Gasteiger partial charge in [-0.1, -0.05) is 30.3 Å². The number of fused-ring (bicyclic) bond motifs is 1. The summed E-state index contributed by atoms with van der Waals surface area (Å²) in [4.78, 5) is 16.6. The molecule has 0 amide bonds. The van der Waals surface area contributed by atoms with E-state index in [4.69, 9.17) is 0 Å². The van der Waals surface area contributed by atoms with Gasteiger partial charge in [0.25, 0.3) is 5.56 Å². The number of nitrogens with zero attached hydrogens (tertiary/aromatic N) is 2. The fourth-order valence-electron chi connectivity index (χ4n) is 2.32. The van der Waals surface area contributed by atoms with Crippen LogP contribution in [0.5, 0.6) is 0 Å². The van der Waals surface area contributed by atoms with Crippen molar-refractivity contribution in [2.24, 2.45) is 0 Å². The van der Waals surface area contributed by atoms with Gasteiger partial charge in [0.2, 0.25) is 0 Å². The molecule has 0 fully saturated rings. The lowest BCUT2D eigenvalue weighted by Crippen LogP contribution is -2.31. The Morgan fingerprint density at radius 1 is 1.09 bits per heavy atom. The van der Waals surface area contributed by atoms with E-state index in [1.165, 1.54) is 5.56 Å². The third kappa shape index (κ3) is 2.99. The van der Waals surface area contributed by atoms with Gasteiger partial charge < -0.3 is 5.32 Å². The van der Waals surface area contributed by atoms with Gasteiger partial charge in [-0.05, 0) is 30.7 Å². The highest BCUT2D eigenvalue weighted by atomic mass is 16.1. The number of rotatable bonds is 5. The van der Waals surface area contributed by atoms with Gasteiger partial charge in [-0.3, -0.25) is 14.7 Å². The number of aromatic nitrogens is 2. The number of nitrogens with one attached hydrogen (secondary N) is 2. The summed E-state index contributed by atoms with van der Waals surface area (Å²) in [6.45, 7) is 3.04. The molecule has 112 valence electrons. The minimum absolute atomic E-state index is 0.0333. The maximum absolute atomic E-state index is 12.3. The summed E-state index contributed by atoms with van der Waals surface area (Å²) < 4.78 is 1.57. The number of aryl methyl sites for hydroxylation is 1. The molecule has 2 N–H and O–H groups in total. The molecule has 0 bridgehead atoms. The zero-order valence-electron chi connectivity index (χ0n) is 12.4. The number of hydrogen-bond donors (Lipinski definition) is 2. The summed E-state index contributed by atoms with van der Waals surface area (Å²) >= 11 is 0. The normalized spacial score (nSPS) is 10.8. The molecule has 0 saturated carbocycles. The van der Waals surface area contributed by atoms with Crippen molar-refractivity contribution in [1.82, 2.24) is 14.9 Å². The quantitative estimate of drug-likeness (QED) is 0.560. The van der Waals surface area contributed by atoms with E-state index in [1.54, 1.807) is 17.0 Å². The molecule has 0 unspecified atom stereocenters. The van der Waals surface area contributed by atoms with Crippen LogP contribution in [-0.4, -0.2) is 16.2 Å². The molecule has 5 heteroatoms. The van der Waals surface area contributed by atoms with Crippen LogP contribution in [0.15, 0.2) is 59.7 Å². The monoisotopic (exact) mass is 294 g/mol. The van der Waals surface area contributed by atoms with Crippen molar-refractivity contribution in [2.45, 2.75) is 13.6 Å². The topological polar surface area (TPSA) is 58.9 Å². The average Bonchev–Trinajstić information content (AvgIpc) is 2.55. The van der Waals surface area contributed by atoms with Gasteiger partial charge >= 0.3 is 0 Å². The van der Waals surface area contributed by atoms with Crippen LogP contribution in [0.4, 0.5) is 5.69 Å². The summed E-state index contributed by atoms with van der Waals surface area (Å²) in [5.41, 5.74) is 2.96. The van der Waals surface area contributed by atoms with Crippen LogP contribution < -0.4 is 16.2 Å². The molecule has 0 spiro atoms. The predicted octanol–water partition coefficient (Wildman–Crippen LogP) is 2.32.